The molecule has 0 aliphatic heterocycles. The fourth-order valence-corrected chi connectivity index (χ4v) is 2.33. The number of thiazole rings is 1. The molecule has 0 atom stereocenters. The van der Waals surface area contributed by atoms with E-state index in [0.29, 0.717) is 23.6 Å². The molecule has 2 heterocycles. The van der Waals surface area contributed by atoms with Crippen LogP contribution >= 0.6 is 11.3 Å². The summed E-state index contributed by atoms with van der Waals surface area (Å²) in [6.45, 7) is 3.32. The summed E-state index contributed by atoms with van der Waals surface area (Å²) in [4.78, 5) is 22.0. The summed E-state index contributed by atoms with van der Waals surface area (Å²) in [5.41, 5.74) is 0.201. The van der Waals surface area contributed by atoms with Gasteiger partial charge in [0.25, 0.3) is 5.56 Å². The lowest BCUT2D eigenvalue weighted by Crippen LogP contribution is -2.15. The number of aryl methyl sites for hydroxylation is 1. The minimum absolute atomic E-state index is 0.241. The molecule has 0 radical (unpaired) electrons. The number of nitrogens with one attached hydrogen (secondary N) is 1. The molecule has 19 heavy (non-hydrogen) atoms. The molecule has 0 aliphatic rings. The van der Waals surface area contributed by atoms with E-state index in [1.165, 1.54) is 6.92 Å². The molecular formula is C11H10F3N3OS. The van der Waals surface area contributed by atoms with Gasteiger partial charge >= 0.3 is 6.18 Å². The zero-order valence-electron chi connectivity index (χ0n) is 10.1. The van der Waals surface area contributed by atoms with Crippen molar-refractivity contribution in [3.63, 3.8) is 0 Å². The second-order valence-corrected chi connectivity index (χ2v) is 4.90. The predicted molar refractivity (Wildman–Crippen MR) is 65.1 cm³/mol. The lowest BCUT2D eigenvalue weighted by Gasteiger charge is -2.04. The first kappa shape index (κ1) is 13.7. The summed E-state index contributed by atoms with van der Waals surface area (Å²) in [6.07, 6.45) is -2.89. The standard InChI is InChI=1S/C11H10F3N3OS/c1-3-7-16-8(5(2)9(18)17-7)6-4-15-10(19-6)11(12,13)14/h4H,3H2,1-2H3,(H,16,17,18). The molecular weight excluding hydrogens is 279 g/mol. The zero-order valence-corrected chi connectivity index (χ0v) is 10.9. The Labute approximate surface area is 110 Å². The van der Waals surface area contributed by atoms with Crippen molar-refractivity contribution in [2.24, 2.45) is 0 Å². The van der Waals surface area contributed by atoms with Gasteiger partial charge < -0.3 is 4.98 Å². The maximum absolute atomic E-state index is 12.5. The molecule has 0 aliphatic carbocycles. The number of H-pyrrole nitrogens is 1. The lowest BCUT2D eigenvalue weighted by molar-refractivity contribution is -0.137. The van der Waals surface area contributed by atoms with E-state index < -0.39 is 11.2 Å². The topological polar surface area (TPSA) is 58.6 Å². The number of nitrogens with zero attached hydrogens (tertiary/aromatic N) is 2. The number of alkyl halides is 3. The van der Waals surface area contributed by atoms with Crippen LogP contribution in [0.5, 0.6) is 0 Å². The molecule has 8 heteroatoms. The van der Waals surface area contributed by atoms with E-state index in [-0.39, 0.29) is 21.7 Å². The van der Waals surface area contributed by atoms with Crippen LogP contribution in [0.15, 0.2) is 11.0 Å². The number of aromatic amines is 1. The Bertz CT molecular complexity index is 660. The van der Waals surface area contributed by atoms with Crippen LogP contribution in [-0.4, -0.2) is 15.0 Å². The van der Waals surface area contributed by atoms with Crippen molar-refractivity contribution < 1.29 is 13.2 Å². The van der Waals surface area contributed by atoms with Crippen molar-refractivity contribution in [2.75, 3.05) is 0 Å². The van der Waals surface area contributed by atoms with Crippen LogP contribution in [0.4, 0.5) is 13.2 Å². The molecule has 0 fully saturated rings. The Morgan fingerprint density at radius 1 is 1.42 bits per heavy atom. The largest absolute Gasteiger partial charge is 0.443 e. The van der Waals surface area contributed by atoms with Gasteiger partial charge in [0.15, 0.2) is 5.01 Å². The monoisotopic (exact) mass is 289 g/mol. The first-order valence-corrected chi connectivity index (χ1v) is 6.27. The first-order valence-electron chi connectivity index (χ1n) is 5.46. The Balaban J connectivity index is 2.56. The number of hydrogen-bond donors (Lipinski definition) is 1. The SMILES string of the molecule is CCc1nc(-c2cnc(C(F)(F)F)s2)c(C)c(=O)[nH]1. The lowest BCUT2D eigenvalue weighted by atomic mass is 10.2. The third kappa shape index (κ3) is 2.67. The van der Waals surface area contributed by atoms with Crippen LogP contribution in [0.1, 0.15) is 23.3 Å². The van der Waals surface area contributed by atoms with E-state index in [4.69, 9.17) is 0 Å². The third-order valence-corrected chi connectivity index (χ3v) is 3.57. The molecule has 2 rings (SSSR count). The Morgan fingerprint density at radius 3 is 2.63 bits per heavy atom. The van der Waals surface area contributed by atoms with Gasteiger partial charge in [0, 0.05) is 18.2 Å². The summed E-state index contributed by atoms with van der Waals surface area (Å²) in [5, 5.41) is -0.943. The first-order chi connectivity index (χ1) is 8.82. The molecule has 0 saturated carbocycles. The van der Waals surface area contributed by atoms with Crippen LogP contribution < -0.4 is 5.56 Å². The molecule has 102 valence electrons. The average Bonchev–Trinajstić information content (AvgIpc) is 2.81. The van der Waals surface area contributed by atoms with Crippen LogP contribution in [0.3, 0.4) is 0 Å². The van der Waals surface area contributed by atoms with Crippen molar-refractivity contribution in [1.82, 2.24) is 15.0 Å². The third-order valence-electron chi connectivity index (χ3n) is 2.52. The predicted octanol–water partition coefficient (Wildman–Crippen LogP) is 2.78. The van der Waals surface area contributed by atoms with E-state index in [2.05, 4.69) is 15.0 Å². The van der Waals surface area contributed by atoms with Crippen molar-refractivity contribution in [3.05, 3.63) is 32.9 Å². The van der Waals surface area contributed by atoms with Gasteiger partial charge in [-0.1, -0.05) is 6.92 Å². The van der Waals surface area contributed by atoms with E-state index in [1.54, 1.807) is 6.92 Å². The van der Waals surface area contributed by atoms with Crippen molar-refractivity contribution in [3.8, 4) is 10.6 Å². The van der Waals surface area contributed by atoms with Gasteiger partial charge in [0.1, 0.15) is 5.82 Å². The Hall–Kier alpha value is -1.70. The smallest absolute Gasteiger partial charge is 0.310 e. The van der Waals surface area contributed by atoms with Crippen LogP contribution in [0.25, 0.3) is 10.6 Å². The number of aromatic nitrogens is 3. The van der Waals surface area contributed by atoms with E-state index in [1.807, 2.05) is 0 Å². The number of rotatable bonds is 2. The maximum Gasteiger partial charge on any atom is 0.443 e. The van der Waals surface area contributed by atoms with Crippen molar-refractivity contribution in [1.29, 1.82) is 0 Å². The highest BCUT2D eigenvalue weighted by Gasteiger charge is 2.35. The molecule has 2 aromatic rings. The van der Waals surface area contributed by atoms with Crippen LogP contribution in [-0.2, 0) is 12.6 Å². The maximum atomic E-state index is 12.5. The van der Waals surface area contributed by atoms with Crippen LogP contribution in [0, 0.1) is 6.92 Å². The van der Waals surface area contributed by atoms with E-state index in [0.717, 1.165) is 6.20 Å². The van der Waals surface area contributed by atoms with Gasteiger partial charge in [-0.15, -0.1) is 11.3 Å². The molecule has 4 nitrogen and oxygen atoms in total. The second kappa shape index (κ2) is 4.76. The Morgan fingerprint density at radius 2 is 2.11 bits per heavy atom. The molecule has 0 bridgehead atoms. The van der Waals surface area contributed by atoms with Gasteiger partial charge in [0.2, 0.25) is 0 Å². The molecule has 2 aromatic heterocycles. The van der Waals surface area contributed by atoms with Crippen molar-refractivity contribution >= 4 is 11.3 Å². The number of hydrogen-bond acceptors (Lipinski definition) is 4. The highest BCUT2D eigenvalue weighted by molar-refractivity contribution is 7.15. The van der Waals surface area contributed by atoms with Crippen LogP contribution in [0.2, 0.25) is 0 Å². The second-order valence-electron chi connectivity index (χ2n) is 3.87. The molecule has 0 spiro atoms. The van der Waals surface area contributed by atoms with E-state index in [9.17, 15) is 18.0 Å². The van der Waals surface area contributed by atoms with Crippen molar-refractivity contribution in [2.45, 2.75) is 26.4 Å². The minimum Gasteiger partial charge on any atom is -0.310 e. The van der Waals surface area contributed by atoms with Gasteiger partial charge in [0.05, 0.1) is 10.6 Å². The normalized spacial score (nSPS) is 11.8. The van der Waals surface area contributed by atoms with Gasteiger partial charge in [-0.2, -0.15) is 13.2 Å². The summed E-state index contributed by atoms with van der Waals surface area (Å²) >= 11 is 0.484. The summed E-state index contributed by atoms with van der Waals surface area (Å²) in [6, 6.07) is 0. The molecule has 1 N–H and O–H groups in total. The fraction of sp³-hybridized carbons (Fsp3) is 0.364. The van der Waals surface area contributed by atoms with E-state index >= 15 is 0 Å². The zero-order chi connectivity index (χ0) is 14.2. The molecule has 0 amide bonds. The minimum atomic E-state index is -4.48. The van der Waals surface area contributed by atoms with Gasteiger partial charge in [-0.05, 0) is 6.92 Å². The Kier molecular flexibility index (Phi) is 3.44. The quantitative estimate of drug-likeness (QED) is 0.924. The number of halogens is 3. The fourth-order valence-electron chi connectivity index (χ4n) is 1.50. The molecule has 0 saturated heterocycles. The van der Waals surface area contributed by atoms with Gasteiger partial charge in [-0.3, -0.25) is 4.79 Å². The average molecular weight is 289 g/mol. The summed E-state index contributed by atoms with van der Waals surface area (Å²) < 4.78 is 37.5. The highest BCUT2D eigenvalue weighted by atomic mass is 32.1. The molecule has 0 aromatic carbocycles. The highest BCUT2D eigenvalue weighted by Crippen LogP contribution is 2.36. The summed E-state index contributed by atoms with van der Waals surface area (Å²) in [7, 11) is 0. The van der Waals surface area contributed by atoms with Gasteiger partial charge in [-0.25, -0.2) is 9.97 Å². The molecule has 0 unspecified atom stereocenters. The summed E-state index contributed by atoms with van der Waals surface area (Å²) in [5.74, 6) is 0.438.